The van der Waals surface area contributed by atoms with Crippen molar-refractivity contribution >= 4 is 11.8 Å². The molecule has 0 spiro atoms. The van der Waals surface area contributed by atoms with Gasteiger partial charge in [-0.25, -0.2) is 14.8 Å². The molecule has 116 valence electrons. The number of hydrogen-bond acceptors (Lipinski definition) is 5. The molecule has 0 amide bonds. The van der Waals surface area contributed by atoms with Gasteiger partial charge < -0.3 is 10.4 Å². The van der Waals surface area contributed by atoms with E-state index in [0.717, 1.165) is 11.3 Å². The standard InChI is InChI=1S/C16H20N4O2/c1-10(2)8-13(16(21)22)19-14-9-11(3)18-15(20-14)12-4-6-17-7-5-12/h4-7,9-10,13H,8H2,1-3H3,(H,21,22)(H,18,19,20)/t13-/m0/s1. The average Bonchev–Trinajstić information content (AvgIpc) is 2.46. The topological polar surface area (TPSA) is 88.0 Å². The number of aliphatic carboxylic acids is 1. The number of carboxylic acids is 1. The molecular weight excluding hydrogens is 280 g/mol. The van der Waals surface area contributed by atoms with Gasteiger partial charge in [-0.2, -0.15) is 0 Å². The smallest absolute Gasteiger partial charge is 0.326 e. The first-order valence-electron chi connectivity index (χ1n) is 7.21. The van der Waals surface area contributed by atoms with E-state index in [2.05, 4.69) is 20.3 Å². The Balaban J connectivity index is 2.28. The number of nitrogens with one attached hydrogen (secondary N) is 1. The van der Waals surface area contributed by atoms with Crippen LogP contribution in [0.15, 0.2) is 30.6 Å². The maximum absolute atomic E-state index is 11.4. The van der Waals surface area contributed by atoms with Gasteiger partial charge in [0.05, 0.1) is 0 Å². The van der Waals surface area contributed by atoms with Crippen LogP contribution in [0, 0.1) is 12.8 Å². The van der Waals surface area contributed by atoms with Crippen LogP contribution in [-0.4, -0.2) is 32.1 Å². The lowest BCUT2D eigenvalue weighted by atomic mass is 10.0. The number of anilines is 1. The molecule has 2 heterocycles. The summed E-state index contributed by atoms with van der Waals surface area (Å²) in [5, 5.41) is 12.3. The molecule has 6 nitrogen and oxygen atoms in total. The molecule has 22 heavy (non-hydrogen) atoms. The molecule has 2 rings (SSSR count). The molecule has 2 aromatic rings. The summed E-state index contributed by atoms with van der Waals surface area (Å²) in [6.45, 7) is 5.84. The predicted octanol–water partition coefficient (Wildman–Crippen LogP) is 2.76. The van der Waals surface area contributed by atoms with Gasteiger partial charge in [0.2, 0.25) is 0 Å². The van der Waals surface area contributed by atoms with Gasteiger partial charge in [-0.05, 0) is 31.4 Å². The lowest BCUT2D eigenvalue weighted by Crippen LogP contribution is -2.31. The third-order valence-electron chi connectivity index (χ3n) is 3.12. The van der Waals surface area contributed by atoms with Crippen molar-refractivity contribution in [2.75, 3.05) is 5.32 Å². The van der Waals surface area contributed by atoms with E-state index in [-0.39, 0.29) is 5.92 Å². The molecule has 0 unspecified atom stereocenters. The predicted molar refractivity (Wildman–Crippen MR) is 84.5 cm³/mol. The monoisotopic (exact) mass is 300 g/mol. The number of carbonyl (C=O) groups is 1. The SMILES string of the molecule is Cc1cc(N[C@@H](CC(C)C)C(=O)O)nc(-c2ccncc2)n1. The fourth-order valence-electron chi connectivity index (χ4n) is 2.14. The number of hydrogen-bond donors (Lipinski definition) is 2. The van der Waals surface area contributed by atoms with Crippen LogP contribution in [0.5, 0.6) is 0 Å². The minimum Gasteiger partial charge on any atom is -0.480 e. The Kier molecular flexibility index (Phi) is 5.04. The van der Waals surface area contributed by atoms with E-state index >= 15 is 0 Å². The number of aromatic nitrogens is 3. The zero-order valence-corrected chi connectivity index (χ0v) is 12.9. The van der Waals surface area contributed by atoms with E-state index in [0.29, 0.717) is 18.1 Å². The maximum atomic E-state index is 11.4. The molecule has 0 saturated heterocycles. The fraction of sp³-hybridized carbons (Fsp3) is 0.375. The van der Waals surface area contributed by atoms with Gasteiger partial charge >= 0.3 is 5.97 Å². The van der Waals surface area contributed by atoms with Crippen LogP contribution in [0.1, 0.15) is 26.0 Å². The van der Waals surface area contributed by atoms with E-state index in [9.17, 15) is 9.90 Å². The Morgan fingerprint density at radius 2 is 1.95 bits per heavy atom. The minimum absolute atomic E-state index is 0.274. The van der Waals surface area contributed by atoms with Gasteiger partial charge in [0.15, 0.2) is 5.82 Å². The first-order valence-corrected chi connectivity index (χ1v) is 7.21. The van der Waals surface area contributed by atoms with Crippen molar-refractivity contribution in [3.05, 3.63) is 36.3 Å². The van der Waals surface area contributed by atoms with Crippen LogP contribution >= 0.6 is 0 Å². The Labute approximate surface area is 129 Å². The third kappa shape index (κ3) is 4.25. The van der Waals surface area contributed by atoms with Crippen molar-refractivity contribution in [1.82, 2.24) is 15.0 Å². The van der Waals surface area contributed by atoms with Crippen LogP contribution < -0.4 is 5.32 Å². The van der Waals surface area contributed by atoms with E-state index < -0.39 is 12.0 Å². The molecule has 0 saturated carbocycles. The van der Waals surface area contributed by atoms with Crippen molar-refractivity contribution in [1.29, 1.82) is 0 Å². The summed E-state index contributed by atoms with van der Waals surface area (Å²) in [6.07, 6.45) is 3.88. The summed E-state index contributed by atoms with van der Waals surface area (Å²) >= 11 is 0. The van der Waals surface area contributed by atoms with Crippen molar-refractivity contribution in [2.45, 2.75) is 33.2 Å². The molecule has 1 atom stereocenters. The zero-order chi connectivity index (χ0) is 16.1. The van der Waals surface area contributed by atoms with E-state index in [1.165, 1.54) is 0 Å². The highest BCUT2D eigenvalue weighted by Gasteiger charge is 2.19. The second-order valence-electron chi connectivity index (χ2n) is 5.62. The summed E-state index contributed by atoms with van der Waals surface area (Å²) in [7, 11) is 0. The largest absolute Gasteiger partial charge is 0.480 e. The second kappa shape index (κ2) is 6.98. The molecule has 0 aliphatic rings. The van der Waals surface area contributed by atoms with Crippen molar-refractivity contribution < 1.29 is 9.90 Å². The fourth-order valence-corrected chi connectivity index (χ4v) is 2.14. The van der Waals surface area contributed by atoms with Crippen molar-refractivity contribution in [2.24, 2.45) is 5.92 Å². The normalized spacial score (nSPS) is 12.2. The molecule has 0 aromatic carbocycles. The van der Waals surface area contributed by atoms with Crippen molar-refractivity contribution in [3.8, 4) is 11.4 Å². The highest BCUT2D eigenvalue weighted by Crippen LogP contribution is 2.18. The zero-order valence-electron chi connectivity index (χ0n) is 12.9. The summed E-state index contributed by atoms with van der Waals surface area (Å²) in [5.74, 6) is 0.470. The molecule has 2 aromatic heterocycles. The number of carboxylic acid groups (broad SMARTS) is 1. The van der Waals surface area contributed by atoms with Gasteiger partial charge in [0.25, 0.3) is 0 Å². The van der Waals surface area contributed by atoms with E-state index in [1.807, 2.05) is 32.9 Å². The van der Waals surface area contributed by atoms with Gasteiger partial charge in [0, 0.05) is 29.7 Å². The quantitative estimate of drug-likeness (QED) is 0.853. The lowest BCUT2D eigenvalue weighted by Gasteiger charge is -2.17. The van der Waals surface area contributed by atoms with Crippen LogP contribution in [0.4, 0.5) is 5.82 Å². The molecule has 6 heteroatoms. The number of pyridine rings is 1. The Morgan fingerprint density at radius 3 is 2.55 bits per heavy atom. The molecule has 0 aliphatic heterocycles. The summed E-state index contributed by atoms with van der Waals surface area (Å²) in [5.41, 5.74) is 1.62. The summed E-state index contributed by atoms with van der Waals surface area (Å²) in [6, 6.07) is 4.73. The molecule has 0 fully saturated rings. The molecule has 2 N–H and O–H groups in total. The molecular formula is C16H20N4O2. The van der Waals surface area contributed by atoms with Crippen LogP contribution in [0.2, 0.25) is 0 Å². The molecule has 0 aliphatic carbocycles. The van der Waals surface area contributed by atoms with Crippen LogP contribution in [0.3, 0.4) is 0 Å². The first kappa shape index (κ1) is 15.9. The minimum atomic E-state index is -0.879. The van der Waals surface area contributed by atoms with Crippen LogP contribution in [0.25, 0.3) is 11.4 Å². The van der Waals surface area contributed by atoms with Gasteiger partial charge in [-0.15, -0.1) is 0 Å². The van der Waals surface area contributed by atoms with Crippen molar-refractivity contribution in [3.63, 3.8) is 0 Å². The third-order valence-corrected chi connectivity index (χ3v) is 3.12. The van der Waals surface area contributed by atoms with Gasteiger partial charge in [0.1, 0.15) is 11.9 Å². The number of aryl methyl sites for hydroxylation is 1. The Hall–Kier alpha value is -2.50. The molecule has 0 radical (unpaired) electrons. The Bertz CT molecular complexity index is 644. The maximum Gasteiger partial charge on any atom is 0.326 e. The lowest BCUT2D eigenvalue weighted by molar-refractivity contribution is -0.138. The molecule has 0 bridgehead atoms. The van der Waals surface area contributed by atoms with Gasteiger partial charge in [-0.3, -0.25) is 4.98 Å². The second-order valence-corrected chi connectivity index (χ2v) is 5.62. The highest BCUT2D eigenvalue weighted by molar-refractivity contribution is 5.77. The van der Waals surface area contributed by atoms with Crippen LogP contribution in [-0.2, 0) is 4.79 Å². The number of rotatable bonds is 6. The van der Waals surface area contributed by atoms with Gasteiger partial charge in [-0.1, -0.05) is 13.8 Å². The summed E-state index contributed by atoms with van der Waals surface area (Å²) < 4.78 is 0. The van der Waals surface area contributed by atoms with E-state index in [4.69, 9.17) is 0 Å². The number of nitrogens with zero attached hydrogens (tertiary/aromatic N) is 3. The Morgan fingerprint density at radius 1 is 1.27 bits per heavy atom. The highest BCUT2D eigenvalue weighted by atomic mass is 16.4. The van der Waals surface area contributed by atoms with E-state index in [1.54, 1.807) is 18.5 Å². The average molecular weight is 300 g/mol. The first-order chi connectivity index (χ1) is 10.5. The summed E-state index contributed by atoms with van der Waals surface area (Å²) in [4.78, 5) is 24.1.